The number of nitrogens with zero attached hydrogens (tertiary/aromatic N) is 8. The average Bonchev–Trinajstić information content (AvgIpc) is 4.00. The van der Waals surface area contributed by atoms with Crippen LogP contribution in [-0.4, -0.2) is 121 Å². The number of benzene rings is 3. The summed E-state index contributed by atoms with van der Waals surface area (Å²) in [6, 6.07) is 12.0. The number of para-hydroxylation sites is 1. The number of aromatic hydroxyl groups is 1. The summed E-state index contributed by atoms with van der Waals surface area (Å²) in [5.41, 5.74) is 3.92. The van der Waals surface area contributed by atoms with Crippen LogP contribution in [-0.2, 0) is 16.6 Å². The number of fused-ring (bicyclic) bond motifs is 5. The van der Waals surface area contributed by atoms with E-state index in [2.05, 4.69) is 48.4 Å². The number of likely N-dealkylation sites (tertiary alicyclic amines) is 1. The van der Waals surface area contributed by atoms with Gasteiger partial charge in [0.2, 0.25) is 11.8 Å². The number of rotatable bonds is 10. The van der Waals surface area contributed by atoms with E-state index in [4.69, 9.17) is 21.1 Å². The van der Waals surface area contributed by atoms with E-state index in [1.54, 1.807) is 22.4 Å². The highest BCUT2D eigenvalue weighted by molar-refractivity contribution is 6.03. The number of hydrogen-bond acceptors (Lipinski definition) is 12. The molecule has 6 fully saturated rings. The first-order valence-electron chi connectivity index (χ1n) is 26.0. The smallest absolute Gasteiger partial charge is 0.329 e. The monoisotopic (exact) mass is 988 g/mol. The molecule has 3 atom stereocenters. The Kier molecular flexibility index (Phi) is 11.0. The summed E-state index contributed by atoms with van der Waals surface area (Å²) in [6.45, 7) is 6.63. The normalized spacial score (nSPS) is 24.0. The van der Waals surface area contributed by atoms with E-state index in [0.717, 1.165) is 75.9 Å². The Bertz CT molecular complexity index is 3420. The van der Waals surface area contributed by atoms with Gasteiger partial charge < -0.3 is 25.0 Å². The van der Waals surface area contributed by atoms with Gasteiger partial charge in [0.15, 0.2) is 5.82 Å². The minimum Gasteiger partial charge on any atom is -0.508 e. The van der Waals surface area contributed by atoms with Crippen LogP contribution in [0.4, 0.5) is 14.6 Å². The summed E-state index contributed by atoms with van der Waals surface area (Å²) in [4.78, 5) is 59.9. The largest absolute Gasteiger partial charge is 0.508 e. The molecule has 3 aromatic carbocycles. The number of piperazine rings is 1. The van der Waals surface area contributed by atoms with Crippen molar-refractivity contribution >= 4 is 55.9 Å². The number of phenols is 1. The SMILES string of the molecule is C#Cc1c(F)ccc2cc(O)cc(-c3ncc4c(N5CC6CCC(C5)N6)nc(OCC5(CN6CCC7(CC6)CC(N6CC=C(c8cccc9c8n(C)c(=O)n9C8CCC(=O)NC8=O)CC6)C7)CC5)nc4c3F)c12. The van der Waals surface area contributed by atoms with Crippen LogP contribution >= 0.6 is 0 Å². The summed E-state index contributed by atoms with van der Waals surface area (Å²) in [5.74, 6) is 0.777. The lowest BCUT2D eigenvalue weighted by molar-refractivity contribution is -0.135. The zero-order chi connectivity index (χ0) is 49.9. The number of anilines is 1. The molecule has 2 aliphatic carbocycles. The molecule has 15 nitrogen and oxygen atoms in total. The second kappa shape index (κ2) is 17.5. The quantitative estimate of drug-likeness (QED) is 0.100. The maximum absolute atomic E-state index is 17.2. The second-order valence-corrected chi connectivity index (χ2v) is 22.2. The second-order valence-electron chi connectivity index (χ2n) is 22.2. The molecule has 7 aliphatic rings. The molecule has 8 heterocycles. The number of halogens is 2. The molecule has 6 aromatic rings. The molecule has 2 amide bonds. The molecule has 0 radical (unpaired) electrons. The van der Waals surface area contributed by atoms with E-state index in [9.17, 15) is 19.5 Å². The molecule has 3 N–H and O–H groups in total. The minimum absolute atomic E-state index is 0.0374. The molecular weight excluding hydrogens is 931 g/mol. The van der Waals surface area contributed by atoms with Crippen molar-refractivity contribution in [3.8, 4) is 35.4 Å². The fraction of sp³-hybridized carbons (Fsp3) is 0.464. The molecule has 3 unspecified atom stereocenters. The number of ether oxygens (including phenoxy) is 1. The molecule has 5 aliphatic heterocycles. The third-order valence-electron chi connectivity index (χ3n) is 17.6. The highest BCUT2D eigenvalue weighted by atomic mass is 19.1. The molecule has 4 saturated heterocycles. The van der Waals surface area contributed by atoms with Gasteiger partial charge in [-0.25, -0.2) is 13.6 Å². The number of hydrogen-bond donors (Lipinski definition) is 3. The number of aryl methyl sites for hydroxylation is 1. The van der Waals surface area contributed by atoms with Crippen LogP contribution in [0.25, 0.3) is 49.5 Å². The first-order chi connectivity index (χ1) is 35.3. The lowest BCUT2D eigenvalue weighted by Gasteiger charge is -2.56. The van der Waals surface area contributed by atoms with Gasteiger partial charge in [-0.15, -0.1) is 6.42 Å². The van der Waals surface area contributed by atoms with E-state index in [1.807, 2.05) is 12.1 Å². The van der Waals surface area contributed by atoms with Gasteiger partial charge in [-0.2, -0.15) is 9.97 Å². The van der Waals surface area contributed by atoms with Crippen LogP contribution in [0.5, 0.6) is 11.8 Å². The molecule has 1 spiro atoms. The van der Waals surface area contributed by atoms with Crippen LogP contribution in [0.15, 0.2) is 59.5 Å². The van der Waals surface area contributed by atoms with Crippen molar-refractivity contribution in [3.05, 3.63) is 88.0 Å². The summed E-state index contributed by atoms with van der Waals surface area (Å²) >= 11 is 0. The van der Waals surface area contributed by atoms with Crippen molar-refractivity contribution in [2.75, 3.05) is 57.3 Å². The number of phenolic OH excluding ortho intramolecular Hbond substituents is 1. The topological polar surface area (TPSA) is 163 Å². The molecule has 13 rings (SSSR count). The molecule has 2 bridgehead atoms. The van der Waals surface area contributed by atoms with Crippen molar-refractivity contribution in [3.63, 3.8) is 0 Å². The van der Waals surface area contributed by atoms with E-state index in [-0.39, 0.29) is 62.9 Å². The number of piperidine rings is 2. The third kappa shape index (κ3) is 7.95. The number of amides is 2. The lowest BCUT2D eigenvalue weighted by atomic mass is 9.60. The van der Waals surface area contributed by atoms with Gasteiger partial charge >= 0.3 is 11.7 Å². The van der Waals surface area contributed by atoms with Gasteiger partial charge in [0.1, 0.15) is 34.6 Å². The van der Waals surface area contributed by atoms with Gasteiger partial charge in [-0.05, 0) is 118 Å². The van der Waals surface area contributed by atoms with Crippen LogP contribution in [0.2, 0.25) is 0 Å². The first kappa shape index (κ1) is 46.1. The van der Waals surface area contributed by atoms with Crippen molar-refractivity contribution in [1.29, 1.82) is 0 Å². The van der Waals surface area contributed by atoms with Gasteiger partial charge in [-0.1, -0.05) is 30.2 Å². The molecular formula is C56H58F2N10O5. The maximum Gasteiger partial charge on any atom is 0.329 e. The predicted molar refractivity (Wildman–Crippen MR) is 273 cm³/mol. The van der Waals surface area contributed by atoms with E-state index in [0.29, 0.717) is 71.8 Å². The Morgan fingerprint density at radius 1 is 0.945 bits per heavy atom. The number of aromatic nitrogens is 5. The minimum atomic E-state index is -0.727. The summed E-state index contributed by atoms with van der Waals surface area (Å²) in [7, 11) is 1.76. The fourth-order valence-corrected chi connectivity index (χ4v) is 13.4. The summed E-state index contributed by atoms with van der Waals surface area (Å²) in [6.07, 6.45) is 19.9. The molecule has 3 aromatic heterocycles. The zero-order valence-electron chi connectivity index (χ0n) is 40.9. The predicted octanol–water partition coefficient (Wildman–Crippen LogP) is 6.57. The van der Waals surface area contributed by atoms with Crippen molar-refractivity contribution in [2.45, 2.75) is 94.8 Å². The number of carbonyl (C=O) groups is 2. The fourth-order valence-electron chi connectivity index (χ4n) is 13.4. The van der Waals surface area contributed by atoms with Crippen molar-refractivity contribution < 1.29 is 28.2 Å². The highest BCUT2D eigenvalue weighted by Gasteiger charge is 2.50. The standard InChI is InChI=1S/C56H58F2N10O5/c1-3-38-42(57)10-7-33-23-37(69)24-40(46(33)38)48-47(58)49-41(27-59-48)51(67-28-34-8-9-35(29-67)60-34)63-53(62-49)73-31-56(15-16-56)30-65-21-17-55(18-22-65)25-36(26-55)66-19-13-32(14-20-66)39-5-4-6-43-50(39)64(2)54(72)68(43)44-11-12-45(70)61-52(44)71/h1,4-7,10,13,23-24,27,34-36,44,60,69H,8-9,11-12,14-22,25-26,28-31H2,2H3,(H,61,70,71). The van der Waals surface area contributed by atoms with E-state index >= 15 is 8.78 Å². The van der Waals surface area contributed by atoms with Crippen LogP contribution in [0.3, 0.4) is 0 Å². The number of imide groups is 1. The first-order valence-corrected chi connectivity index (χ1v) is 26.0. The van der Waals surface area contributed by atoms with Gasteiger partial charge in [0.05, 0.1) is 28.6 Å². The highest BCUT2D eigenvalue weighted by Crippen LogP contribution is 2.53. The number of imidazole rings is 1. The maximum atomic E-state index is 17.2. The summed E-state index contributed by atoms with van der Waals surface area (Å²) in [5, 5.41) is 18.0. The Morgan fingerprint density at radius 2 is 1.74 bits per heavy atom. The number of nitrogens with one attached hydrogen (secondary N) is 2. The van der Waals surface area contributed by atoms with Gasteiger partial charge in [-0.3, -0.25) is 33.9 Å². The molecule has 2 saturated carbocycles. The number of pyridine rings is 1. The van der Waals surface area contributed by atoms with E-state index < -0.39 is 23.6 Å². The van der Waals surface area contributed by atoms with E-state index in [1.165, 1.54) is 55.5 Å². The van der Waals surface area contributed by atoms with Gasteiger partial charge in [0.25, 0.3) is 0 Å². The van der Waals surface area contributed by atoms with Crippen molar-refractivity contribution in [1.82, 2.24) is 44.5 Å². The number of terminal acetylenes is 1. The summed E-state index contributed by atoms with van der Waals surface area (Å²) < 4.78 is 42.0. The Hall–Kier alpha value is -6.74. The van der Waals surface area contributed by atoms with Crippen LogP contribution in [0, 0.1) is 34.8 Å². The van der Waals surface area contributed by atoms with Gasteiger partial charge in [0, 0.05) is 92.4 Å². The molecule has 17 heteroatoms. The van der Waals surface area contributed by atoms with Crippen LogP contribution in [0.1, 0.15) is 87.8 Å². The number of carbonyl (C=O) groups excluding carboxylic acids is 2. The lowest BCUT2D eigenvalue weighted by Crippen LogP contribution is -2.56. The third-order valence-corrected chi connectivity index (χ3v) is 17.6. The Labute approximate surface area is 420 Å². The Morgan fingerprint density at radius 3 is 2.47 bits per heavy atom. The van der Waals surface area contributed by atoms with Crippen molar-refractivity contribution in [2.24, 2.45) is 17.9 Å². The average molecular weight is 989 g/mol. The Balaban J connectivity index is 0.674. The van der Waals surface area contributed by atoms with Crippen LogP contribution < -0.4 is 26.0 Å². The molecule has 376 valence electrons. The molecule has 73 heavy (non-hydrogen) atoms. The zero-order valence-corrected chi connectivity index (χ0v) is 40.9.